The van der Waals surface area contributed by atoms with Crippen molar-refractivity contribution in [1.29, 1.82) is 0 Å². The van der Waals surface area contributed by atoms with E-state index < -0.39 is 0 Å². The second kappa shape index (κ2) is 6.76. The SMILES string of the molecule is Cc1cccc(NC(=O)c2cncc(Nc3ccc4c(c3)OCO4)c2)c1. The van der Waals surface area contributed by atoms with Gasteiger partial charge in [-0.05, 0) is 42.8 Å². The van der Waals surface area contributed by atoms with Crippen molar-refractivity contribution in [2.24, 2.45) is 0 Å². The van der Waals surface area contributed by atoms with Gasteiger partial charge in [0.05, 0.1) is 17.4 Å². The maximum absolute atomic E-state index is 12.5. The fourth-order valence-corrected chi connectivity index (χ4v) is 2.70. The van der Waals surface area contributed by atoms with Gasteiger partial charge in [0.1, 0.15) is 0 Å². The third-order valence-electron chi connectivity index (χ3n) is 3.94. The number of hydrogen-bond donors (Lipinski definition) is 2. The van der Waals surface area contributed by atoms with E-state index in [0.717, 1.165) is 22.7 Å². The lowest BCUT2D eigenvalue weighted by Gasteiger charge is -2.09. The van der Waals surface area contributed by atoms with Gasteiger partial charge in [0.15, 0.2) is 11.5 Å². The molecule has 4 rings (SSSR count). The molecule has 0 atom stereocenters. The van der Waals surface area contributed by atoms with Gasteiger partial charge in [-0.1, -0.05) is 12.1 Å². The Balaban J connectivity index is 1.50. The van der Waals surface area contributed by atoms with Gasteiger partial charge in [-0.25, -0.2) is 0 Å². The van der Waals surface area contributed by atoms with Crippen molar-refractivity contribution in [3.05, 3.63) is 72.1 Å². The maximum atomic E-state index is 12.5. The topological polar surface area (TPSA) is 72.5 Å². The molecule has 6 heteroatoms. The lowest BCUT2D eigenvalue weighted by Crippen LogP contribution is -2.12. The van der Waals surface area contributed by atoms with Gasteiger partial charge in [0.25, 0.3) is 5.91 Å². The zero-order valence-electron chi connectivity index (χ0n) is 14.2. The molecule has 0 saturated carbocycles. The number of carbonyl (C=O) groups excluding carboxylic acids is 1. The summed E-state index contributed by atoms with van der Waals surface area (Å²) in [6, 6.07) is 15.0. The Morgan fingerprint density at radius 2 is 1.85 bits per heavy atom. The van der Waals surface area contributed by atoms with E-state index in [1.54, 1.807) is 12.3 Å². The van der Waals surface area contributed by atoms with E-state index >= 15 is 0 Å². The number of hydrogen-bond acceptors (Lipinski definition) is 5. The van der Waals surface area contributed by atoms with Crippen molar-refractivity contribution in [2.75, 3.05) is 17.4 Å². The van der Waals surface area contributed by atoms with Crippen LogP contribution in [0.25, 0.3) is 0 Å². The van der Waals surface area contributed by atoms with Crippen LogP contribution in [0.1, 0.15) is 15.9 Å². The van der Waals surface area contributed by atoms with Gasteiger partial charge in [-0.2, -0.15) is 0 Å². The van der Waals surface area contributed by atoms with Crippen LogP contribution in [-0.2, 0) is 0 Å². The van der Waals surface area contributed by atoms with Crippen molar-refractivity contribution < 1.29 is 14.3 Å². The van der Waals surface area contributed by atoms with Crippen LogP contribution in [0.3, 0.4) is 0 Å². The Kier molecular flexibility index (Phi) is 4.15. The number of nitrogens with one attached hydrogen (secondary N) is 2. The van der Waals surface area contributed by atoms with Crippen molar-refractivity contribution in [3.8, 4) is 11.5 Å². The number of aryl methyl sites for hydroxylation is 1. The first-order chi connectivity index (χ1) is 12.7. The first kappa shape index (κ1) is 16.0. The van der Waals surface area contributed by atoms with Crippen molar-refractivity contribution in [1.82, 2.24) is 4.98 Å². The number of aromatic nitrogens is 1. The fraction of sp³-hybridized carbons (Fsp3) is 0.100. The van der Waals surface area contributed by atoms with E-state index in [1.165, 1.54) is 6.20 Å². The number of pyridine rings is 1. The summed E-state index contributed by atoms with van der Waals surface area (Å²) in [4.78, 5) is 16.6. The highest BCUT2D eigenvalue weighted by molar-refractivity contribution is 6.04. The number of amides is 1. The van der Waals surface area contributed by atoms with Crippen molar-refractivity contribution in [3.63, 3.8) is 0 Å². The summed E-state index contributed by atoms with van der Waals surface area (Å²) < 4.78 is 10.7. The van der Waals surface area contributed by atoms with Gasteiger partial charge in [0, 0.05) is 23.6 Å². The highest BCUT2D eigenvalue weighted by Gasteiger charge is 2.14. The average molecular weight is 347 g/mol. The molecule has 6 nitrogen and oxygen atoms in total. The van der Waals surface area contributed by atoms with Crippen LogP contribution in [0, 0.1) is 6.92 Å². The minimum atomic E-state index is -0.211. The number of nitrogens with zero attached hydrogens (tertiary/aromatic N) is 1. The van der Waals surface area contributed by atoms with Crippen LogP contribution < -0.4 is 20.1 Å². The van der Waals surface area contributed by atoms with E-state index in [1.807, 2.05) is 49.4 Å². The largest absolute Gasteiger partial charge is 0.454 e. The zero-order valence-corrected chi connectivity index (χ0v) is 14.2. The highest BCUT2D eigenvalue weighted by atomic mass is 16.7. The minimum absolute atomic E-state index is 0.211. The van der Waals surface area contributed by atoms with Crippen LogP contribution in [-0.4, -0.2) is 17.7 Å². The molecule has 0 unspecified atom stereocenters. The van der Waals surface area contributed by atoms with Gasteiger partial charge in [0.2, 0.25) is 6.79 Å². The summed E-state index contributed by atoms with van der Waals surface area (Å²) >= 11 is 0. The van der Waals surface area contributed by atoms with E-state index in [-0.39, 0.29) is 12.7 Å². The van der Waals surface area contributed by atoms with Crippen LogP contribution in [0.2, 0.25) is 0 Å². The second-order valence-corrected chi connectivity index (χ2v) is 5.98. The molecule has 3 aromatic rings. The van der Waals surface area contributed by atoms with Crippen LogP contribution in [0.15, 0.2) is 60.9 Å². The molecule has 1 aromatic heterocycles. The Morgan fingerprint density at radius 1 is 0.962 bits per heavy atom. The summed E-state index contributed by atoms with van der Waals surface area (Å²) in [6.45, 7) is 2.21. The molecule has 1 amide bonds. The Hall–Kier alpha value is -3.54. The third kappa shape index (κ3) is 3.44. The Bertz CT molecular complexity index is 972. The van der Waals surface area contributed by atoms with E-state index in [9.17, 15) is 4.79 Å². The van der Waals surface area contributed by atoms with Gasteiger partial charge in [-0.3, -0.25) is 9.78 Å². The van der Waals surface area contributed by atoms with Crippen molar-refractivity contribution >= 4 is 23.0 Å². The summed E-state index contributed by atoms with van der Waals surface area (Å²) in [5, 5.41) is 6.10. The minimum Gasteiger partial charge on any atom is -0.454 e. The zero-order chi connectivity index (χ0) is 17.9. The first-order valence-electron chi connectivity index (χ1n) is 8.17. The number of carbonyl (C=O) groups is 1. The lowest BCUT2D eigenvalue weighted by atomic mass is 10.2. The number of benzene rings is 2. The molecule has 2 aromatic carbocycles. The Labute approximate surface area is 150 Å². The van der Waals surface area contributed by atoms with Crippen LogP contribution in [0.4, 0.5) is 17.1 Å². The van der Waals surface area contributed by atoms with Crippen molar-refractivity contribution in [2.45, 2.75) is 6.92 Å². The molecule has 0 bridgehead atoms. The number of ether oxygens (including phenoxy) is 2. The standard InChI is InChI=1S/C20H17N3O3/c1-13-3-2-4-15(7-13)23-20(24)14-8-17(11-21-10-14)22-16-5-6-18-19(9-16)26-12-25-18/h2-11,22H,12H2,1H3,(H,23,24). The fourth-order valence-electron chi connectivity index (χ4n) is 2.70. The Morgan fingerprint density at radius 3 is 2.73 bits per heavy atom. The molecular weight excluding hydrogens is 330 g/mol. The smallest absolute Gasteiger partial charge is 0.257 e. The van der Waals surface area contributed by atoms with Crippen LogP contribution >= 0.6 is 0 Å². The molecule has 0 spiro atoms. The van der Waals surface area contributed by atoms with Gasteiger partial charge in [-0.15, -0.1) is 0 Å². The maximum Gasteiger partial charge on any atom is 0.257 e. The normalized spacial score (nSPS) is 11.9. The van der Waals surface area contributed by atoms with E-state index in [4.69, 9.17) is 9.47 Å². The molecule has 0 fully saturated rings. The molecule has 0 radical (unpaired) electrons. The predicted octanol–water partition coefficient (Wildman–Crippen LogP) is 4.11. The summed E-state index contributed by atoms with van der Waals surface area (Å²) in [5.74, 6) is 1.20. The average Bonchev–Trinajstić information content (AvgIpc) is 3.10. The predicted molar refractivity (Wildman–Crippen MR) is 99.2 cm³/mol. The molecule has 130 valence electrons. The highest BCUT2D eigenvalue weighted by Crippen LogP contribution is 2.35. The number of rotatable bonds is 4. The second-order valence-electron chi connectivity index (χ2n) is 5.98. The molecule has 0 saturated heterocycles. The van der Waals surface area contributed by atoms with Crippen LogP contribution in [0.5, 0.6) is 11.5 Å². The van der Waals surface area contributed by atoms with E-state index in [2.05, 4.69) is 15.6 Å². The van der Waals surface area contributed by atoms with Gasteiger partial charge < -0.3 is 20.1 Å². The summed E-state index contributed by atoms with van der Waals surface area (Å²) in [6.07, 6.45) is 3.20. The molecular formula is C20H17N3O3. The third-order valence-corrected chi connectivity index (χ3v) is 3.94. The quantitative estimate of drug-likeness (QED) is 0.743. The summed E-state index contributed by atoms with van der Waals surface area (Å²) in [7, 11) is 0. The monoisotopic (exact) mass is 347 g/mol. The lowest BCUT2D eigenvalue weighted by molar-refractivity contribution is 0.102. The first-order valence-corrected chi connectivity index (χ1v) is 8.17. The number of fused-ring (bicyclic) bond motifs is 1. The molecule has 2 heterocycles. The summed E-state index contributed by atoms with van der Waals surface area (Å²) in [5.41, 5.74) is 3.84. The number of anilines is 3. The molecule has 26 heavy (non-hydrogen) atoms. The van der Waals surface area contributed by atoms with Gasteiger partial charge >= 0.3 is 0 Å². The molecule has 1 aliphatic heterocycles. The molecule has 2 N–H and O–H groups in total. The molecule has 0 aliphatic carbocycles. The molecule has 1 aliphatic rings. The van der Waals surface area contributed by atoms with E-state index in [0.29, 0.717) is 17.0 Å².